The van der Waals surface area contributed by atoms with Gasteiger partial charge >= 0.3 is 0 Å². The molecule has 1 heterocycles. The number of benzene rings is 1. The zero-order chi connectivity index (χ0) is 15.3. The molecule has 6 heteroatoms. The topological polar surface area (TPSA) is 54.5 Å². The van der Waals surface area contributed by atoms with Crippen LogP contribution in [0.25, 0.3) is 0 Å². The van der Waals surface area contributed by atoms with E-state index in [-0.39, 0.29) is 23.5 Å². The Kier molecular flexibility index (Phi) is 3.53. The highest BCUT2D eigenvalue weighted by Crippen LogP contribution is 2.51. The highest BCUT2D eigenvalue weighted by atomic mass is 35.5. The van der Waals surface area contributed by atoms with Gasteiger partial charge < -0.3 is 4.90 Å². The molecule has 1 saturated heterocycles. The number of hydrogen-bond acceptors (Lipinski definition) is 3. The second-order valence-electron chi connectivity index (χ2n) is 6.03. The quantitative estimate of drug-likeness (QED) is 0.853. The predicted octanol–water partition coefficient (Wildman–Crippen LogP) is 2.02. The van der Waals surface area contributed by atoms with Crippen molar-refractivity contribution in [3.63, 3.8) is 0 Å². The number of rotatable bonds is 3. The molecule has 114 valence electrons. The van der Waals surface area contributed by atoms with Crippen molar-refractivity contribution >= 4 is 27.3 Å². The van der Waals surface area contributed by atoms with Crippen molar-refractivity contribution in [3.05, 3.63) is 34.9 Å². The minimum absolute atomic E-state index is 0.00213. The summed E-state index contributed by atoms with van der Waals surface area (Å²) in [4.78, 5) is 14.5. The van der Waals surface area contributed by atoms with Gasteiger partial charge in [0.15, 0.2) is 9.84 Å². The maximum Gasteiger partial charge on any atom is 0.233 e. The highest BCUT2D eigenvalue weighted by molar-refractivity contribution is 7.91. The summed E-state index contributed by atoms with van der Waals surface area (Å²) in [5.41, 5.74) is 0.323. The summed E-state index contributed by atoms with van der Waals surface area (Å²) in [5.74, 6) is 0.250. The largest absolute Gasteiger partial charge is 0.341 e. The molecule has 0 radical (unpaired) electrons. The van der Waals surface area contributed by atoms with Crippen molar-refractivity contribution in [2.24, 2.45) is 0 Å². The van der Waals surface area contributed by atoms with Gasteiger partial charge in [0.05, 0.1) is 16.9 Å². The number of sulfone groups is 1. The molecule has 1 aromatic rings. The molecule has 21 heavy (non-hydrogen) atoms. The van der Waals surface area contributed by atoms with E-state index in [1.165, 1.54) is 0 Å². The summed E-state index contributed by atoms with van der Waals surface area (Å²) < 4.78 is 23.2. The Labute approximate surface area is 130 Å². The second kappa shape index (κ2) is 4.99. The van der Waals surface area contributed by atoms with E-state index < -0.39 is 15.3 Å². The third-order valence-corrected chi connectivity index (χ3v) is 6.71. The van der Waals surface area contributed by atoms with Gasteiger partial charge in [-0.25, -0.2) is 8.42 Å². The van der Waals surface area contributed by atoms with Gasteiger partial charge in [-0.1, -0.05) is 29.8 Å². The molecule has 1 aliphatic carbocycles. The lowest BCUT2D eigenvalue weighted by Crippen LogP contribution is -2.43. The Bertz CT molecular complexity index is 682. The molecule has 2 fully saturated rings. The Morgan fingerprint density at radius 1 is 1.33 bits per heavy atom. The summed E-state index contributed by atoms with van der Waals surface area (Å²) in [7, 11) is -1.28. The van der Waals surface area contributed by atoms with Crippen LogP contribution >= 0.6 is 11.6 Å². The van der Waals surface area contributed by atoms with Gasteiger partial charge in [-0.15, -0.1) is 0 Å². The normalized spacial score (nSPS) is 25.5. The summed E-state index contributed by atoms with van der Waals surface area (Å²) in [5, 5.41) is 0.607. The lowest BCUT2D eigenvalue weighted by Gasteiger charge is -2.28. The Morgan fingerprint density at radius 2 is 2.00 bits per heavy atom. The first-order valence-corrected chi connectivity index (χ1v) is 9.28. The van der Waals surface area contributed by atoms with Crippen molar-refractivity contribution in [1.82, 2.24) is 4.90 Å². The molecule has 0 aromatic heterocycles. The van der Waals surface area contributed by atoms with E-state index in [9.17, 15) is 13.2 Å². The van der Waals surface area contributed by atoms with Crippen molar-refractivity contribution < 1.29 is 13.2 Å². The minimum atomic E-state index is -2.99. The molecule has 1 unspecified atom stereocenters. The molecular formula is C15H18ClNO3S. The Morgan fingerprint density at radius 3 is 2.52 bits per heavy atom. The van der Waals surface area contributed by atoms with Crippen LogP contribution < -0.4 is 0 Å². The summed E-state index contributed by atoms with van der Waals surface area (Å²) in [6.45, 7) is 0. The van der Waals surface area contributed by atoms with Crippen LogP contribution in [0.15, 0.2) is 24.3 Å². The number of halogens is 1. The van der Waals surface area contributed by atoms with Crippen LogP contribution in [0.1, 0.15) is 24.8 Å². The highest BCUT2D eigenvalue weighted by Gasteiger charge is 2.54. The first kappa shape index (κ1) is 14.9. The second-order valence-corrected chi connectivity index (χ2v) is 8.67. The van der Waals surface area contributed by atoms with E-state index in [0.29, 0.717) is 11.4 Å². The van der Waals surface area contributed by atoms with Gasteiger partial charge in [0.2, 0.25) is 5.91 Å². The molecule has 1 amide bonds. The molecule has 1 atom stereocenters. The Balaban J connectivity index is 1.84. The van der Waals surface area contributed by atoms with E-state index in [0.717, 1.165) is 18.4 Å². The lowest BCUT2D eigenvalue weighted by molar-refractivity contribution is -0.134. The van der Waals surface area contributed by atoms with Crippen LogP contribution in [-0.2, 0) is 20.0 Å². The van der Waals surface area contributed by atoms with Crippen LogP contribution in [0.2, 0.25) is 5.02 Å². The van der Waals surface area contributed by atoms with Crippen molar-refractivity contribution in [2.45, 2.75) is 30.7 Å². The van der Waals surface area contributed by atoms with Gasteiger partial charge in [0, 0.05) is 18.1 Å². The SMILES string of the molecule is CN(C(=O)C1(c2ccccc2Cl)CC1)C1CCS(=O)(=O)C1. The zero-order valence-electron chi connectivity index (χ0n) is 11.9. The van der Waals surface area contributed by atoms with Crippen LogP contribution in [0.3, 0.4) is 0 Å². The molecule has 1 aromatic carbocycles. The van der Waals surface area contributed by atoms with Gasteiger partial charge in [-0.2, -0.15) is 0 Å². The standard InChI is InChI=1S/C15H18ClNO3S/c1-17(11-6-9-21(19,20)10-11)14(18)15(7-8-15)12-4-2-3-5-13(12)16/h2-5,11H,6-10H2,1H3. The monoisotopic (exact) mass is 327 g/mol. The fourth-order valence-corrected chi connectivity index (χ4v) is 5.25. The fourth-order valence-electron chi connectivity index (χ4n) is 3.16. The number of likely N-dealkylation sites (N-methyl/N-ethyl adjacent to an activating group) is 1. The number of nitrogens with zero attached hydrogens (tertiary/aromatic N) is 1. The minimum Gasteiger partial charge on any atom is -0.341 e. The summed E-state index contributed by atoms with van der Waals surface area (Å²) >= 11 is 6.24. The molecule has 0 N–H and O–H groups in total. The van der Waals surface area contributed by atoms with E-state index in [4.69, 9.17) is 11.6 Å². The summed E-state index contributed by atoms with van der Waals surface area (Å²) in [6, 6.07) is 7.22. The predicted molar refractivity (Wildman–Crippen MR) is 82.2 cm³/mol. The Hall–Kier alpha value is -1.07. The van der Waals surface area contributed by atoms with Crippen LogP contribution in [0, 0.1) is 0 Å². The maximum absolute atomic E-state index is 12.9. The fraction of sp³-hybridized carbons (Fsp3) is 0.533. The average molecular weight is 328 g/mol. The van der Waals surface area contributed by atoms with Gasteiger partial charge in [-0.3, -0.25) is 4.79 Å². The molecule has 3 rings (SSSR count). The van der Waals surface area contributed by atoms with Crippen molar-refractivity contribution in [3.8, 4) is 0 Å². The van der Waals surface area contributed by atoms with Gasteiger partial charge in [-0.05, 0) is 30.9 Å². The van der Waals surface area contributed by atoms with E-state index >= 15 is 0 Å². The molecule has 1 aliphatic heterocycles. The molecule has 1 saturated carbocycles. The average Bonchev–Trinajstić information content (AvgIpc) is 3.16. The van der Waals surface area contributed by atoms with Crippen LogP contribution in [0.4, 0.5) is 0 Å². The van der Waals surface area contributed by atoms with Crippen LogP contribution in [0.5, 0.6) is 0 Å². The molecular weight excluding hydrogens is 310 g/mol. The van der Waals surface area contributed by atoms with Crippen molar-refractivity contribution in [2.75, 3.05) is 18.6 Å². The molecule has 2 aliphatic rings. The first-order chi connectivity index (χ1) is 9.86. The van der Waals surface area contributed by atoms with E-state index in [2.05, 4.69) is 0 Å². The van der Waals surface area contributed by atoms with Crippen LogP contribution in [-0.4, -0.2) is 43.8 Å². The summed E-state index contributed by atoms with van der Waals surface area (Å²) in [6.07, 6.45) is 2.09. The molecule has 4 nitrogen and oxygen atoms in total. The van der Waals surface area contributed by atoms with Gasteiger partial charge in [0.25, 0.3) is 0 Å². The van der Waals surface area contributed by atoms with E-state index in [1.54, 1.807) is 18.0 Å². The van der Waals surface area contributed by atoms with E-state index in [1.807, 2.05) is 18.2 Å². The number of hydrogen-bond donors (Lipinski definition) is 0. The maximum atomic E-state index is 12.9. The molecule has 0 bridgehead atoms. The third kappa shape index (κ3) is 2.57. The third-order valence-electron chi connectivity index (χ3n) is 4.63. The number of carbonyl (C=O) groups excluding carboxylic acids is 1. The van der Waals surface area contributed by atoms with Gasteiger partial charge in [0.1, 0.15) is 0 Å². The number of carbonyl (C=O) groups is 1. The zero-order valence-corrected chi connectivity index (χ0v) is 13.5. The van der Waals surface area contributed by atoms with Crippen molar-refractivity contribution in [1.29, 1.82) is 0 Å². The number of amides is 1. The lowest BCUT2D eigenvalue weighted by atomic mass is 9.93. The first-order valence-electron chi connectivity index (χ1n) is 7.08. The molecule has 0 spiro atoms. The smallest absolute Gasteiger partial charge is 0.233 e.